The van der Waals surface area contributed by atoms with E-state index in [1.165, 1.54) is 20.5 Å². The Morgan fingerprint density at radius 2 is 1.96 bits per heavy atom. The van der Waals surface area contributed by atoms with Crippen LogP contribution in [0.5, 0.6) is 5.75 Å². The van der Waals surface area contributed by atoms with Crippen LogP contribution >= 0.6 is 0 Å². The average molecular weight is 343 g/mol. The van der Waals surface area contributed by atoms with Gasteiger partial charge in [-0.1, -0.05) is 36.4 Å². The zero-order chi connectivity index (χ0) is 18.1. The summed E-state index contributed by atoms with van der Waals surface area (Å²) in [5, 5.41) is 8.79. The number of rotatable bonds is 8. The summed E-state index contributed by atoms with van der Waals surface area (Å²) < 4.78 is 15.7. The normalized spacial score (nSPS) is 11.1. The predicted molar refractivity (Wildman–Crippen MR) is 92.8 cm³/mol. The van der Waals surface area contributed by atoms with Crippen LogP contribution in [0, 0.1) is 0 Å². The zero-order valence-corrected chi connectivity index (χ0v) is 14.2. The van der Waals surface area contributed by atoms with Gasteiger partial charge in [0.1, 0.15) is 17.9 Å². The van der Waals surface area contributed by atoms with Crippen molar-refractivity contribution in [2.24, 2.45) is 0 Å². The van der Waals surface area contributed by atoms with Crippen LogP contribution in [0.1, 0.15) is 16.7 Å². The number of hydroxylamine groups is 1. The van der Waals surface area contributed by atoms with Crippen molar-refractivity contribution < 1.29 is 24.2 Å². The number of methoxy groups -OCH3 is 2. The van der Waals surface area contributed by atoms with Crippen LogP contribution in [0.15, 0.2) is 54.8 Å². The first-order chi connectivity index (χ1) is 12.2. The van der Waals surface area contributed by atoms with Gasteiger partial charge in [-0.15, -0.1) is 0 Å². The summed E-state index contributed by atoms with van der Waals surface area (Å²) in [6, 6.07) is 14.8. The number of carbonyl (C=O) groups excluding carboxylic acids is 1. The maximum absolute atomic E-state index is 12.0. The second kappa shape index (κ2) is 9.46. The summed E-state index contributed by atoms with van der Waals surface area (Å²) in [6.45, 7) is 0.598. The first kappa shape index (κ1) is 18.5. The van der Waals surface area contributed by atoms with Gasteiger partial charge in [0.2, 0.25) is 0 Å². The molecule has 0 radical (unpaired) electrons. The summed E-state index contributed by atoms with van der Waals surface area (Å²) in [5.74, 6) is 0.184. The Morgan fingerprint density at radius 3 is 2.68 bits per heavy atom. The van der Waals surface area contributed by atoms with Gasteiger partial charge >= 0.3 is 5.97 Å². The van der Waals surface area contributed by atoms with E-state index in [0.29, 0.717) is 23.4 Å². The molecule has 0 spiro atoms. The van der Waals surface area contributed by atoms with Crippen LogP contribution in [0.4, 0.5) is 0 Å². The molecule has 0 unspecified atom stereocenters. The van der Waals surface area contributed by atoms with E-state index in [1.54, 1.807) is 0 Å². The van der Waals surface area contributed by atoms with E-state index in [-0.39, 0.29) is 6.61 Å². The molecule has 0 saturated heterocycles. The van der Waals surface area contributed by atoms with E-state index >= 15 is 0 Å². The fourth-order valence-electron chi connectivity index (χ4n) is 2.36. The smallest absolute Gasteiger partial charge is 0.341 e. The van der Waals surface area contributed by atoms with Crippen LogP contribution in [-0.4, -0.2) is 25.4 Å². The van der Waals surface area contributed by atoms with Crippen molar-refractivity contribution in [2.45, 2.75) is 13.2 Å². The molecule has 2 aromatic rings. The summed E-state index contributed by atoms with van der Waals surface area (Å²) in [4.78, 5) is 12.0. The highest BCUT2D eigenvalue weighted by Gasteiger charge is 2.16. The highest BCUT2D eigenvalue weighted by Crippen LogP contribution is 2.23. The monoisotopic (exact) mass is 343 g/mol. The number of ether oxygens (including phenoxy) is 3. The molecule has 6 heteroatoms. The third kappa shape index (κ3) is 5.07. The lowest BCUT2D eigenvalue weighted by Crippen LogP contribution is -2.08. The summed E-state index contributed by atoms with van der Waals surface area (Å²) in [6.07, 6.45) is 1.36. The topological polar surface area (TPSA) is 77.0 Å². The molecule has 0 fully saturated rings. The molecule has 0 aliphatic heterocycles. The highest BCUT2D eigenvalue weighted by molar-refractivity contribution is 6.16. The Hall–Kier alpha value is -2.83. The molecular weight excluding hydrogens is 322 g/mol. The number of hydrogen-bond donors (Lipinski definition) is 2. The van der Waals surface area contributed by atoms with Gasteiger partial charge in [0.15, 0.2) is 0 Å². The van der Waals surface area contributed by atoms with Crippen molar-refractivity contribution in [3.63, 3.8) is 0 Å². The maximum atomic E-state index is 12.0. The van der Waals surface area contributed by atoms with Crippen molar-refractivity contribution >= 4 is 11.5 Å². The first-order valence-electron chi connectivity index (χ1n) is 7.67. The van der Waals surface area contributed by atoms with Gasteiger partial charge in [-0.05, 0) is 28.8 Å². The van der Waals surface area contributed by atoms with Crippen LogP contribution in [-0.2, 0) is 27.4 Å². The molecule has 0 aromatic heterocycles. The molecule has 0 heterocycles. The van der Waals surface area contributed by atoms with Gasteiger partial charge in [-0.25, -0.2) is 10.3 Å². The Kier molecular flexibility index (Phi) is 7.00. The second-order valence-electron chi connectivity index (χ2n) is 5.19. The zero-order valence-electron chi connectivity index (χ0n) is 14.2. The van der Waals surface area contributed by atoms with Crippen LogP contribution in [0.3, 0.4) is 0 Å². The minimum atomic E-state index is -0.481. The fourth-order valence-corrected chi connectivity index (χ4v) is 2.36. The molecule has 0 amide bonds. The summed E-state index contributed by atoms with van der Waals surface area (Å²) >= 11 is 0. The van der Waals surface area contributed by atoms with E-state index in [2.05, 4.69) is 5.48 Å². The molecule has 2 rings (SSSR count). The molecular formula is C19H21NO5. The molecule has 6 nitrogen and oxygen atoms in total. The maximum Gasteiger partial charge on any atom is 0.341 e. The number of nitrogens with one attached hydrogen (secondary N) is 1. The lowest BCUT2D eigenvalue weighted by atomic mass is 10.0. The van der Waals surface area contributed by atoms with Crippen molar-refractivity contribution in [2.75, 3.05) is 14.2 Å². The first-order valence-corrected chi connectivity index (χ1v) is 7.67. The molecule has 0 aliphatic rings. The summed E-state index contributed by atoms with van der Waals surface area (Å²) in [7, 11) is 2.80. The van der Waals surface area contributed by atoms with Gasteiger partial charge in [0, 0.05) is 6.54 Å². The number of benzene rings is 2. The van der Waals surface area contributed by atoms with Crippen molar-refractivity contribution in [3.05, 3.63) is 71.5 Å². The van der Waals surface area contributed by atoms with E-state index in [1.807, 2.05) is 48.5 Å². The van der Waals surface area contributed by atoms with E-state index in [0.717, 1.165) is 11.1 Å². The van der Waals surface area contributed by atoms with Crippen LogP contribution in [0.25, 0.3) is 5.57 Å². The SMILES string of the molecule is COC=C(C(=O)OC)c1ccccc1COc1cccc(CNO)c1. The van der Waals surface area contributed by atoms with Gasteiger partial charge in [-0.2, -0.15) is 0 Å². The Balaban J connectivity index is 2.22. The Labute approximate surface area is 146 Å². The van der Waals surface area contributed by atoms with E-state index < -0.39 is 5.97 Å². The molecule has 0 aliphatic carbocycles. The standard InChI is InChI=1S/C19H21NO5/c1-23-13-18(19(21)24-2)17-9-4-3-7-15(17)12-25-16-8-5-6-14(10-16)11-20-22/h3-10,13,20,22H,11-12H2,1-2H3. The average Bonchev–Trinajstić information content (AvgIpc) is 2.65. The molecule has 0 saturated carbocycles. The number of esters is 1. The van der Waals surface area contributed by atoms with E-state index in [9.17, 15) is 4.79 Å². The molecule has 25 heavy (non-hydrogen) atoms. The van der Waals surface area contributed by atoms with Crippen LogP contribution < -0.4 is 10.2 Å². The van der Waals surface area contributed by atoms with Crippen LogP contribution in [0.2, 0.25) is 0 Å². The quantitative estimate of drug-likeness (QED) is 0.332. The molecule has 2 N–H and O–H groups in total. The molecule has 2 aromatic carbocycles. The fraction of sp³-hybridized carbons (Fsp3) is 0.211. The van der Waals surface area contributed by atoms with Gasteiger partial charge in [-0.3, -0.25) is 0 Å². The molecule has 0 atom stereocenters. The minimum Gasteiger partial charge on any atom is -0.503 e. The Morgan fingerprint density at radius 1 is 1.16 bits per heavy atom. The van der Waals surface area contributed by atoms with Crippen molar-refractivity contribution in [1.82, 2.24) is 5.48 Å². The van der Waals surface area contributed by atoms with Gasteiger partial charge in [0.25, 0.3) is 0 Å². The van der Waals surface area contributed by atoms with Gasteiger partial charge in [0.05, 0.1) is 20.5 Å². The second-order valence-corrected chi connectivity index (χ2v) is 5.19. The van der Waals surface area contributed by atoms with Crippen molar-refractivity contribution in [1.29, 1.82) is 0 Å². The largest absolute Gasteiger partial charge is 0.503 e. The van der Waals surface area contributed by atoms with Gasteiger partial charge < -0.3 is 19.4 Å². The third-order valence-corrected chi connectivity index (χ3v) is 3.52. The van der Waals surface area contributed by atoms with Crippen molar-refractivity contribution in [3.8, 4) is 5.75 Å². The lowest BCUT2D eigenvalue weighted by molar-refractivity contribution is -0.133. The third-order valence-electron chi connectivity index (χ3n) is 3.52. The number of hydrogen-bond acceptors (Lipinski definition) is 6. The predicted octanol–water partition coefficient (Wildman–Crippen LogP) is 2.90. The minimum absolute atomic E-state index is 0.268. The highest BCUT2D eigenvalue weighted by atomic mass is 16.5. The molecule has 0 bridgehead atoms. The summed E-state index contributed by atoms with van der Waals surface area (Å²) in [5.41, 5.74) is 4.83. The molecule has 132 valence electrons. The number of carbonyl (C=O) groups is 1. The lowest BCUT2D eigenvalue weighted by Gasteiger charge is -2.13. The van der Waals surface area contributed by atoms with E-state index in [4.69, 9.17) is 19.4 Å². The Bertz CT molecular complexity index is 742.